The van der Waals surface area contributed by atoms with Gasteiger partial charge < -0.3 is 0 Å². The Hall–Kier alpha value is -3.21. The van der Waals surface area contributed by atoms with Gasteiger partial charge in [-0.05, 0) is 30.2 Å². The highest BCUT2D eigenvalue weighted by atomic mass is 16.1. The van der Waals surface area contributed by atoms with Gasteiger partial charge in [0, 0.05) is 25.2 Å². The van der Waals surface area contributed by atoms with Crippen LogP contribution in [-0.2, 0) is 13.5 Å². The molecule has 130 valence electrons. The maximum atomic E-state index is 13.5. The number of nitrogens with zero attached hydrogens (tertiary/aromatic N) is 4. The number of para-hydroxylation sites is 1. The largest absolute Gasteiger partial charge is 0.275 e. The van der Waals surface area contributed by atoms with Crippen LogP contribution in [0.25, 0.3) is 27.7 Å². The van der Waals surface area contributed by atoms with Crippen molar-refractivity contribution < 1.29 is 0 Å². The lowest BCUT2D eigenvalue weighted by atomic mass is 10.0. The molecule has 0 saturated heterocycles. The summed E-state index contributed by atoms with van der Waals surface area (Å²) >= 11 is 0. The van der Waals surface area contributed by atoms with Gasteiger partial charge in [-0.3, -0.25) is 14.0 Å². The molecule has 0 radical (unpaired) electrons. The van der Waals surface area contributed by atoms with Gasteiger partial charge in [0.1, 0.15) is 5.82 Å². The highest BCUT2D eigenvalue weighted by Gasteiger charge is 2.16. The molecule has 0 aliphatic heterocycles. The zero-order valence-electron chi connectivity index (χ0n) is 14.9. The van der Waals surface area contributed by atoms with Crippen LogP contribution >= 0.6 is 0 Å². The molecule has 0 fully saturated rings. The number of aromatic nitrogens is 4. The predicted molar refractivity (Wildman–Crippen MR) is 104 cm³/mol. The Bertz CT molecular complexity index is 1130. The van der Waals surface area contributed by atoms with Crippen LogP contribution in [-0.4, -0.2) is 19.3 Å². The zero-order valence-corrected chi connectivity index (χ0v) is 14.9. The lowest BCUT2D eigenvalue weighted by molar-refractivity contribution is 0.768. The summed E-state index contributed by atoms with van der Waals surface area (Å²) in [5, 5.41) is 4.87. The van der Waals surface area contributed by atoms with Gasteiger partial charge in [0.25, 0.3) is 5.56 Å². The average molecular weight is 344 g/mol. The van der Waals surface area contributed by atoms with Gasteiger partial charge in [0.2, 0.25) is 0 Å². The van der Waals surface area contributed by atoms with E-state index < -0.39 is 0 Å². The van der Waals surface area contributed by atoms with E-state index in [-0.39, 0.29) is 5.56 Å². The molecule has 0 bridgehead atoms. The van der Waals surface area contributed by atoms with Crippen LogP contribution in [0, 0.1) is 0 Å². The van der Waals surface area contributed by atoms with Crippen LogP contribution in [0.1, 0.15) is 19.2 Å². The van der Waals surface area contributed by atoms with E-state index in [9.17, 15) is 4.79 Å². The van der Waals surface area contributed by atoms with Crippen molar-refractivity contribution >= 4 is 10.9 Å². The molecule has 2 aromatic carbocycles. The summed E-state index contributed by atoms with van der Waals surface area (Å²) in [4.78, 5) is 18.4. The van der Waals surface area contributed by atoms with Gasteiger partial charge >= 0.3 is 0 Å². The molecule has 5 nitrogen and oxygen atoms in total. The number of fused-ring (bicyclic) bond motifs is 1. The van der Waals surface area contributed by atoms with Crippen LogP contribution in [0.2, 0.25) is 0 Å². The van der Waals surface area contributed by atoms with Crippen LogP contribution in [0.5, 0.6) is 0 Å². The number of hydrogen-bond acceptors (Lipinski definition) is 3. The van der Waals surface area contributed by atoms with Crippen LogP contribution < -0.4 is 5.56 Å². The van der Waals surface area contributed by atoms with E-state index in [0.29, 0.717) is 5.39 Å². The fourth-order valence-corrected chi connectivity index (χ4v) is 3.31. The van der Waals surface area contributed by atoms with Gasteiger partial charge in [0.05, 0.1) is 22.8 Å². The van der Waals surface area contributed by atoms with Crippen molar-refractivity contribution in [2.45, 2.75) is 19.8 Å². The molecule has 0 spiro atoms. The molecule has 2 heterocycles. The second-order valence-electron chi connectivity index (χ2n) is 6.36. The summed E-state index contributed by atoms with van der Waals surface area (Å²) in [6.07, 6.45) is 5.37. The van der Waals surface area contributed by atoms with E-state index in [1.807, 2.05) is 61.8 Å². The molecule has 0 N–H and O–H groups in total. The van der Waals surface area contributed by atoms with Crippen molar-refractivity contribution in [2.75, 3.05) is 0 Å². The quantitative estimate of drug-likeness (QED) is 0.567. The molecular formula is C21H20N4O. The highest BCUT2D eigenvalue weighted by molar-refractivity contribution is 5.93. The predicted octanol–water partition coefficient (Wildman–Crippen LogP) is 3.74. The minimum atomic E-state index is -0.0379. The third kappa shape index (κ3) is 2.71. The average Bonchev–Trinajstić information content (AvgIpc) is 3.09. The van der Waals surface area contributed by atoms with E-state index in [0.717, 1.165) is 41.0 Å². The molecule has 4 aromatic rings. The smallest absolute Gasteiger partial charge is 0.266 e. The summed E-state index contributed by atoms with van der Waals surface area (Å²) in [5.41, 5.74) is 3.31. The van der Waals surface area contributed by atoms with Crippen LogP contribution in [0.15, 0.2) is 65.7 Å². The molecule has 2 aromatic heterocycles. The van der Waals surface area contributed by atoms with Gasteiger partial charge in [-0.2, -0.15) is 5.10 Å². The first-order chi connectivity index (χ1) is 12.7. The number of benzene rings is 2. The summed E-state index contributed by atoms with van der Waals surface area (Å²) in [7, 11) is 1.87. The first-order valence-electron chi connectivity index (χ1n) is 8.78. The Labute approximate surface area is 151 Å². The topological polar surface area (TPSA) is 52.7 Å². The first-order valence-corrected chi connectivity index (χ1v) is 8.78. The van der Waals surface area contributed by atoms with Gasteiger partial charge in [-0.1, -0.05) is 37.3 Å². The second kappa shape index (κ2) is 6.59. The zero-order chi connectivity index (χ0) is 18.1. The lowest BCUT2D eigenvalue weighted by Gasteiger charge is -2.14. The summed E-state index contributed by atoms with van der Waals surface area (Å²) in [6.45, 7) is 2.09. The Balaban J connectivity index is 2.08. The fourth-order valence-electron chi connectivity index (χ4n) is 3.31. The first kappa shape index (κ1) is 16.3. The Morgan fingerprint density at radius 2 is 1.85 bits per heavy atom. The third-order valence-electron chi connectivity index (χ3n) is 4.47. The molecule has 26 heavy (non-hydrogen) atoms. The molecule has 0 unspecified atom stereocenters. The van der Waals surface area contributed by atoms with Gasteiger partial charge in [-0.15, -0.1) is 0 Å². The number of rotatable bonds is 4. The molecule has 0 aliphatic rings. The van der Waals surface area contributed by atoms with Crippen molar-refractivity contribution in [3.8, 4) is 16.8 Å². The van der Waals surface area contributed by atoms with E-state index in [4.69, 9.17) is 4.98 Å². The molecule has 0 atom stereocenters. The second-order valence-corrected chi connectivity index (χ2v) is 6.36. The van der Waals surface area contributed by atoms with Crippen molar-refractivity contribution in [3.63, 3.8) is 0 Å². The molecule has 0 aliphatic carbocycles. The minimum absolute atomic E-state index is 0.0379. The third-order valence-corrected chi connectivity index (χ3v) is 4.47. The van der Waals surface area contributed by atoms with E-state index in [1.54, 1.807) is 15.4 Å². The summed E-state index contributed by atoms with van der Waals surface area (Å²) < 4.78 is 3.48. The lowest BCUT2D eigenvalue weighted by Crippen LogP contribution is -2.24. The van der Waals surface area contributed by atoms with Crippen molar-refractivity contribution in [1.29, 1.82) is 0 Å². The molecule has 0 amide bonds. The number of hydrogen-bond donors (Lipinski definition) is 0. The minimum Gasteiger partial charge on any atom is -0.275 e. The highest BCUT2D eigenvalue weighted by Crippen LogP contribution is 2.26. The van der Waals surface area contributed by atoms with Crippen molar-refractivity contribution in [3.05, 3.63) is 77.1 Å². The summed E-state index contributed by atoms with van der Waals surface area (Å²) in [5.74, 6) is 0.791. The molecular weight excluding hydrogens is 324 g/mol. The maximum Gasteiger partial charge on any atom is 0.266 e. The fraction of sp³-hybridized carbons (Fsp3) is 0.190. The Morgan fingerprint density at radius 1 is 1.04 bits per heavy atom. The van der Waals surface area contributed by atoms with Crippen LogP contribution in [0.4, 0.5) is 0 Å². The Kier molecular flexibility index (Phi) is 4.13. The molecule has 4 rings (SSSR count). The van der Waals surface area contributed by atoms with Crippen LogP contribution in [0.3, 0.4) is 0 Å². The SMILES string of the molecule is CCCc1nc2cccc(-c3cnn(C)c3)c2c(=O)n1-c1ccccc1. The maximum absolute atomic E-state index is 13.5. The number of aryl methyl sites for hydroxylation is 2. The standard InChI is InChI=1S/C21H20N4O/c1-3-8-19-23-18-12-7-11-17(15-13-22-24(2)14-15)20(18)21(26)25(19)16-9-5-4-6-10-16/h4-7,9-14H,3,8H2,1-2H3. The monoisotopic (exact) mass is 344 g/mol. The normalized spacial score (nSPS) is 11.2. The molecule has 0 saturated carbocycles. The molecule has 5 heteroatoms. The van der Waals surface area contributed by atoms with Crippen molar-refractivity contribution in [2.24, 2.45) is 7.05 Å². The van der Waals surface area contributed by atoms with E-state index in [2.05, 4.69) is 12.0 Å². The Morgan fingerprint density at radius 3 is 2.54 bits per heavy atom. The van der Waals surface area contributed by atoms with Crippen molar-refractivity contribution in [1.82, 2.24) is 19.3 Å². The van der Waals surface area contributed by atoms with E-state index >= 15 is 0 Å². The summed E-state index contributed by atoms with van der Waals surface area (Å²) in [6, 6.07) is 15.5. The van der Waals surface area contributed by atoms with Gasteiger partial charge in [0.15, 0.2) is 0 Å². The van der Waals surface area contributed by atoms with Gasteiger partial charge in [-0.25, -0.2) is 4.98 Å². The van der Waals surface area contributed by atoms with E-state index in [1.165, 1.54) is 0 Å².